The van der Waals surface area contributed by atoms with Crippen LogP contribution in [0.5, 0.6) is 0 Å². The van der Waals surface area contributed by atoms with Crippen LogP contribution in [0.2, 0.25) is 16.6 Å². The number of hydrogen-bond donors (Lipinski definition) is 0. The first kappa shape index (κ1) is 15.9. The van der Waals surface area contributed by atoms with Crippen LogP contribution in [-0.4, -0.2) is 8.07 Å². The smallest absolute Gasteiger partial charge is 0.0627 e. The van der Waals surface area contributed by atoms with Crippen LogP contribution < -0.4 is 5.19 Å². The second kappa shape index (κ2) is 5.33. The maximum absolute atomic E-state index is 2.57. The van der Waals surface area contributed by atoms with Crippen molar-refractivity contribution >= 4 is 13.3 Å². The van der Waals surface area contributed by atoms with E-state index in [9.17, 15) is 0 Å². The van der Waals surface area contributed by atoms with E-state index < -0.39 is 8.07 Å². The van der Waals surface area contributed by atoms with Crippen LogP contribution in [0.4, 0.5) is 0 Å². The van der Waals surface area contributed by atoms with Gasteiger partial charge in [-0.05, 0) is 58.4 Å². The fourth-order valence-electron chi connectivity index (χ4n) is 6.99. The van der Waals surface area contributed by atoms with Crippen molar-refractivity contribution in [3.8, 4) is 0 Å². The third-order valence-electron chi connectivity index (χ3n) is 7.88. The lowest BCUT2D eigenvalue weighted by molar-refractivity contribution is 0.609. The normalized spacial score (nSPS) is 33.2. The van der Waals surface area contributed by atoms with E-state index in [4.69, 9.17) is 0 Å². The highest BCUT2D eigenvalue weighted by Crippen LogP contribution is 2.66. The zero-order chi connectivity index (χ0) is 17.2. The summed E-state index contributed by atoms with van der Waals surface area (Å²) in [5.41, 5.74) is 6.02. The number of hydrogen-bond acceptors (Lipinski definition) is 0. The molecule has 2 aromatic carbocycles. The lowest BCUT2D eigenvalue weighted by Gasteiger charge is -2.53. The van der Waals surface area contributed by atoms with E-state index in [2.05, 4.69) is 69.3 Å². The van der Waals surface area contributed by atoms with E-state index in [1.807, 2.05) is 5.19 Å². The summed E-state index contributed by atoms with van der Waals surface area (Å²) in [4.78, 5) is 0. The Morgan fingerprint density at radius 2 is 1.60 bits per heavy atom. The van der Waals surface area contributed by atoms with Crippen LogP contribution >= 0.6 is 0 Å². The van der Waals surface area contributed by atoms with Gasteiger partial charge < -0.3 is 0 Å². The first-order chi connectivity index (χ1) is 12.0. The largest absolute Gasteiger partial charge is 0.0960 e. The van der Waals surface area contributed by atoms with Gasteiger partial charge in [0.25, 0.3) is 0 Å². The van der Waals surface area contributed by atoms with E-state index in [0.717, 1.165) is 17.4 Å². The van der Waals surface area contributed by atoms with E-state index in [0.29, 0.717) is 5.04 Å². The molecule has 5 rings (SSSR count). The molecule has 130 valence electrons. The van der Waals surface area contributed by atoms with Gasteiger partial charge >= 0.3 is 0 Å². The predicted octanol–water partition coefficient (Wildman–Crippen LogP) is 6.13. The van der Waals surface area contributed by atoms with Gasteiger partial charge in [-0.25, -0.2) is 0 Å². The van der Waals surface area contributed by atoms with Crippen LogP contribution in [0, 0.1) is 0 Å². The average Bonchev–Trinajstić information content (AvgIpc) is 3.20. The van der Waals surface area contributed by atoms with E-state index in [1.165, 1.54) is 31.7 Å². The van der Waals surface area contributed by atoms with Crippen molar-refractivity contribution in [3.05, 3.63) is 65.2 Å². The number of aryl methyl sites for hydroxylation is 1. The summed E-state index contributed by atoms with van der Waals surface area (Å²) in [6.45, 7) is 7.71. The van der Waals surface area contributed by atoms with Crippen molar-refractivity contribution in [1.82, 2.24) is 0 Å². The minimum Gasteiger partial charge on any atom is -0.0627 e. The molecule has 1 saturated carbocycles. The molecule has 0 nitrogen and oxygen atoms in total. The van der Waals surface area contributed by atoms with Gasteiger partial charge in [0.05, 0.1) is 8.07 Å². The highest BCUT2D eigenvalue weighted by Gasteiger charge is 2.59. The maximum Gasteiger partial charge on any atom is 0.0960 e. The van der Waals surface area contributed by atoms with Crippen molar-refractivity contribution in [2.75, 3.05) is 0 Å². The number of rotatable bonds is 1. The molecule has 0 N–H and O–H groups in total. The van der Waals surface area contributed by atoms with Crippen LogP contribution in [0.3, 0.4) is 0 Å². The molecule has 1 heterocycles. The van der Waals surface area contributed by atoms with Gasteiger partial charge in [0.1, 0.15) is 0 Å². The lowest BCUT2D eigenvalue weighted by Crippen LogP contribution is -2.61. The summed E-state index contributed by atoms with van der Waals surface area (Å²) in [5.74, 6) is 1.67. The highest BCUT2D eigenvalue weighted by molar-refractivity contribution is 6.96. The molecule has 3 aliphatic rings. The van der Waals surface area contributed by atoms with Gasteiger partial charge in [0.15, 0.2) is 0 Å². The van der Waals surface area contributed by atoms with Gasteiger partial charge in [-0.2, -0.15) is 0 Å². The van der Waals surface area contributed by atoms with Crippen LogP contribution in [0.1, 0.15) is 68.6 Å². The van der Waals surface area contributed by atoms with Crippen LogP contribution in [0.15, 0.2) is 48.5 Å². The van der Waals surface area contributed by atoms with E-state index in [1.54, 1.807) is 16.7 Å². The second-order valence-electron chi connectivity index (χ2n) is 9.74. The van der Waals surface area contributed by atoms with Crippen molar-refractivity contribution in [2.45, 2.75) is 74.9 Å². The van der Waals surface area contributed by atoms with Crippen molar-refractivity contribution < 1.29 is 0 Å². The topological polar surface area (TPSA) is 0 Å². The molecule has 1 aliphatic heterocycles. The molecule has 0 aromatic heterocycles. The van der Waals surface area contributed by atoms with Crippen molar-refractivity contribution in [2.24, 2.45) is 0 Å². The summed E-state index contributed by atoms with van der Waals surface area (Å²) in [5, 5.41) is 2.26. The van der Waals surface area contributed by atoms with Crippen LogP contribution in [-0.2, 0) is 6.42 Å². The Bertz CT molecular complexity index is 815. The first-order valence-electron chi connectivity index (χ1n) is 10.2. The molecular weight excluding hydrogens is 316 g/mol. The summed E-state index contributed by atoms with van der Waals surface area (Å²) in [6.07, 6.45) is 5.60. The molecular formula is C24H30Si. The standard InChI is InChI=1S/C24H30Si/c1-24(2,3)25(14-8-10-17-9-4-7-13-22(17)25)23-16-18-15-21(23)20-12-6-5-11-19(18)20/h4-7,9,11-13,18,21,23H,8,10,14-16H2,1-3H3. The minimum absolute atomic E-state index is 0.438. The molecule has 0 radical (unpaired) electrons. The van der Waals surface area contributed by atoms with E-state index in [-0.39, 0.29) is 0 Å². The highest BCUT2D eigenvalue weighted by atomic mass is 28.3. The minimum atomic E-state index is -1.59. The Labute approximate surface area is 153 Å². The maximum atomic E-state index is 2.57. The molecule has 1 fully saturated rings. The Balaban J connectivity index is 1.69. The fourth-order valence-corrected chi connectivity index (χ4v) is 14.3. The predicted molar refractivity (Wildman–Crippen MR) is 110 cm³/mol. The number of fused-ring (bicyclic) bond motifs is 6. The summed E-state index contributed by atoms with van der Waals surface area (Å²) in [6, 6.07) is 20.4. The second-order valence-corrected chi connectivity index (χ2v) is 15.0. The van der Waals surface area contributed by atoms with Gasteiger partial charge in [0, 0.05) is 0 Å². The lowest BCUT2D eigenvalue weighted by atomic mass is 9.91. The van der Waals surface area contributed by atoms with Gasteiger partial charge in [0.2, 0.25) is 0 Å². The summed E-state index contributed by atoms with van der Waals surface area (Å²) < 4.78 is 0. The van der Waals surface area contributed by atoms with Crippen LogP contribution in [0.25, 0.3) is 0 Å². The fraction of sp³-hybridized carbons (Fsp3) is 0.500. The van der Waals surface area contributed by atoms with Gasteiger partial charge in [-0.15, -0.1) is 0 Å². The number of benzene rings is 2. The van der Waals surface area contributed by atoms with Gasteiger partial charge in [-0.3, -0.25) is 0 Å². The Kier molecular flexibility index (Phi) is 3.38. The Hall–Kier alpha value is -1.34. The molecule has 25 heavy (non-hydrogen) atoms. The summed E-state index contributed by atoms with van der Waals surface area (Å²) >= 11 is 0. The Morgan fingerprint density at radius 1 is 0.880 bits per heavy atom. The molecule has 4 unspecified atom stereocenters. The Morgan fingerprint density at radius 3 is 2.40 bits per heavy atom. The molecule has 2 bridgehead atoms. The molecule has 0 amide bonds. The monoisotopic (exact) mass is 346 g/mol. The first-order valence-corrected chi connectivity index (χ1v) is 12.5. The molecule has 0 saturated heterocycles. The third-order valence-corrected chi connectivity index (χ3v) is 15.1. The summed E-state index contributed by atoms with van der Waals surface area (Å²) in [7, 11) is -1.59. The molecule has 2 aromatic rings. The SMILES string of the molecule is CC(C)(C)[Si]1(C2CC3CC2c2ccccc23)CCCc2ccccc21. The van der Waals surface area contributed by atoms with Crippen molar-refractivity contribution in [1.29, 1.82) is 0 Å². The van der Waals surface area contributed by atoms with E-state index >= 15 is 0 Å². The zero-order valence-corrected chi connectivity index (χ0v) is 16.9. The average molecular weight is 347 g/mol. The quantitative estimate of drug-likeness (QED) is 0.545. The molecule has 0 spiro atoms. The molecule has 1 heteroatoms. The third kappa shape index (κ3) is 2.05. The molecule has 4 atom stereocenters. The van der Waals surface area contributed by atoms with Crippen molar-refractivity contribution in [3.63, 3.8) is 0 Å². The van der Waals surface area contributed by atoms with Gasteiger partial charge in [-0.1, -0.05) is 87.0 Å². The zero-order valence-electron chi connectivity index (χ0n) is 15.9. The molecule has 2 aliphatic carbocycles.